The van der Waals surface area contributed by atoms with E-state index in [1.807, 2.05) is 6.92 Å². The van der Waals surface area contributed by atoms with Gasteiger partial charge in [0.15, 0.2) is 0 Å². The van der Waals surface area contributed by atoms with Gasteiger partial charge in [0.2, 0.25) is 5.91 Å². The number of rotatable bonds is 4. The number of hydrogen-bond acceptors (Lipinski definition) is 4. The van der Waals surface area contributed by atoms with Crippen LogP contribution in [0.5, 0.6) is 0 Å². The third-order valence-corrected chi connectivity index (χ3v) is 3.47. The van der Waals surface area contributed by atoms with Crippen molar-refractivity contribution < 1.29 is 19.1 Å². The zero-order valence-electron chi connectivity index (χ0n) is 11.4. The Morgan fingerprint density at radius 3 is 2.74 bits per heavy atom. The van der Waals surface area contributed by atoms with Crippen molar-refractivity contribution in [3.8, 4) is 0 Å². The summed E-state index contributed by atoms with van der Waals surface area (Å²) in [5.41, 5.74) is -1.19. The molecule has 2 heterocycles. The van der Waals surface area contributed by atoms with Crippen LogP contribution in [0.15, 0.2) is 16.5 Å². The predicted molar refractivity (Wildman–Crippen MR) is 69.6 cm³/mol. The van der Waals surface area contributed by atoms with Crippen LogP contribution in [0.25, 0.3) is 0 Å². The van der Waals surface area contributed by atoms with Crippen LogP contribution >= 0.6 is 0 Å². The molecule has 1 amide bonds. The van der Waals surface area contributed by atoms with Crippen LogP contribution in [0.1, 0.15) is 31.3 Å². The van der Waals surface area contributed by atoms with E-state index in [0.717, 1.165) is 18.6 Å². The van der Waals surface area contributed by atoms with Crippen molar-refractivity contribution in [1.29, 1.82) is 0 Å². The average molecular weight is 267 g/mol. The number of hydrogen-bond donors (Lipinski definition) is 2. The lowest BCUT2D eigenvalue weighted by molar-refractivity contribution is -0.129. The minimum absolute atomic E-state index is 0.0112. The zero-order chi connectivity index (χ0) is 13.9. The highest BCUT2D eigenvalue weighted by atomic mass is 16.5. The summed E-state index contributed by atoms with van der Waals surface area (Å²) in [6, 6.07) is 3.53. The van der Waals surface area contributed by atoms with E-state index in [1.54, 1.807) is 19.1 Å². The van der Waals surface area contributed by atoms with Crippen molar-refractivity contribution in [3.63, 3.8) is 0 Å². The normalized spacial score (nSPS) is 19.9. The van der Waals surface area contributed by atoms with E-state index in [0.29, 0.717) is 19.0 Å². The van der Waals surface area contributed by atoms with E-state index in [4.69, 9.17) is 9.15 Å². The lowest BCUT2D eigenvalue weighted by Gasteiger charge is -2.25. The third-order valence-electron chi connectivity index (χ3n) is 3.47. The highest BCUT2D eigenvalue weighted by Crippen LogP contribution is 2.22. The average Bonchev–Trinajstić information content (AvgIpc) is 2.85. The molecule has 1 aliphatic heterocycles. The van der Waals surface area contributed by atoms with Crippen molar-refractivity contribution in [2.24, 2.45) is 5.92 Å². The van der Waals surface area contributed by atoms with Gasteiger partial charge in [-0.3, -0.25) is 4.79 Å². The first-order valence-corrected chi connectivity index (χ1v) is 6.64. The van der Waals surface area contributed by atoms with Crippen LogP contribution in [0.4, 0.5) is 0 Å². The first kappa shape index (κ1) is 14.1. The van der Waals surface area contributed by atoms with E-state index in [9.17, 15) is 9.90 Å². The maximum absolute atomic E-state index is 12.0. The summed E-state index contributed by atoms with van der Waals surface area (Å²) in [4.78, 5) is 12.0. The van der Waals surface area contributed by atoms with Gasteiger partial charge in [-0.15, -0.1) is 0 Å². The Hall–Kier alpha value is -1.33. The van der Waals surface area contributed by atoms with Gasteiger partial charge in [-0.25, -0.2) is 0 Å². The van der Waals surface area contributed by atoms with E-state index in [2.05, 4.69) is 5.32 Å². The molecular formula is C14H21NO4. The molecule has 1 saturated heterocycles. The Labute approximate surface area is 112 Å². The molecule has 2 rings (SSSR count). The van der Waals surface area contributed by atoms with Crippen LogP contribution in [-0.2, 0) is 15.1 Å². The van der Waals surface area contributed by atoms with Crippen molar-refractivity contribution in [1.82, 2.24) is 5.32 Å². The smallest absolute Gasteiger partial charge is 0.223 e. The molecule has 0 aliphatic carbocycles. The lowest BCUT2D eigenvalue weighted by Crippen LogP contribution is -2.42. The number of amides is 1. The van der Waals surface area contributed by atoms with Crippen LogP contribution in [0.3, 0.4) is 0 Å². The largest absolute Gasteiger partial charge is 0.463 e. The van der Waals surface area contributed by atoms with Crippen LogP contribution in [-0.4, -0.2) is 30.8 Å². The Balaban J connectivity index is 1.88. The molecule has 5 heteroatoms. The van der Waals surface area contributed by atoms with Gasteiger partial charge < -0.3 is 19.6 Å². The maximum Gasteiger partial charge on any atom is 0.223 e. The fraction of sp³-hybridized carbons (Fsp3) is 0.643. The maximum atomic E-state index is 12.0. The zero-order valence-corrected chi connectivity index (χ0v) is 11.4. The Bertz CT molecular complexity index is 432. The number of nitrogens with one attached hydrogen (secondary N) is 1. The van der Waals surface area contributed by atoms with Crippen LogP contribution in [0, 0.1) is 12.8 Å². The SMILES string of the molecule is Cc1ccc(C(C)(O)CNC(=O)C2CCOCC2)o1. The summed E-state index contributed by atoms with van der Waals surface area (Å²) < 4.78 is 10.6. The predicted octanol–water partition coefficient (Wildman–Crippen LogP) is 1.34. The molecule has 0 saturated carbocycles. The summed E-state index contributed by atoms with van der Waals surface area (Å²) in [6.07, 6.45) is 1.49. The molecule has 1 fully saturated rings. The van der Waals surface area contributed by atoms with E-state index in [-0.39, 0.29) is 18.4 Å². The number of ether oxygens (including phenoxy) is 1. The first-order valence-electron chi connectivity index (χ1n) is 6.64. The molecule has 0 radical (unpaired) electrons. The number of furan rings is 1. The number of carbonyl (C=O) groups excluding carboxylic acids is 1. The highest BCUT2D eigenvalue weighted by Gasteiger charge is 2.29. The van der Waals surface area contributed by atoms with E-state index in [1.165, 1.54) is 0 Å². The van der Waals surface area contributed by atoms with Gasteiger partial charge in [-0.2, -0.15) is 0 Å². The van der Waals surface area contributed by atoms with E-state index < -0.39 is 5.60 Å². The fourth-order valence-corrected chi connectivity index (χ4v) is 2.17. The standard InChI is InChI=1S/C14H21NO4/c1-10-3-4-12(19-10)14(2,17)9-15-13(16)11-5-7-18-8-6-11/h3-4,11,17H,5-9H2,1-2H3,(H,15,16). The molecule has 1 aromatic heterocycles. The molecule has 19 heavy (non-hydrogen) atoms. The number of aryl methyl sites for hydroxylation is 1. The molecule has 0 spiro atoms. The van der Waals surface area contributed by atoms with Gasteiger partial charge >= 0.3 is 0 Å². The molecule has 0 bridgehead atoms. The fourth-order valence-electron chi connectivity index (χ4n) is 2.17. The minimum atomic E-state index is -1.19. The molecule has 1 aliphatic rings. The second-order valence-electron chi connectivity index (χ2n) is 5.29. The number of aliphatic hydroxyl groups is 1. The first-order chi connectivity index (χ1) is 8.99. The third kappa shape index (κ3) is 3.58. The minimum Gasteiger partial charge on any atom is -0.463 e. The summed E-state index contributed by atoms with van der Waals surface area (Å²) in [5, 5.41) is 13.1. The second-order valence-corrected chi connectivity index (χ2v) is 5.29. The molecular weight excluding hydrogens is 246 g/mol. The van der Waals surface area contributed by atoms with Crippen molar-refractivity contribution in [2.75, 3.05) is 19.8 Å². The molecule has 106 valence electrons. The number of carbonyl (C=O) groups is 1. The topological polar surface area (TPSA) is 71.7 Å². The van der Waals surface area contributed by atoms with Gasteiger partial charge in [0.1, 0.15) is 17.1 Å². The van der Waals surface area contributed by atoms with Gasteiger partial charge in [-0.1, -0.05) is 0 Å². The van der Waals surface area contributed by atoms with Crippen molar-refractivity contribution in [2.45, 2.75) is 32.3 Å². The van der Waals surface area contributed by atoms with Crippen LogP contribution in [0.2, 0.25) is 0 Å². The highest BCUT2D eigenvalue weighted by molar-refractivity contribution is 5.78. The van der Waals surface area contributed by atoms with Gasteiger partial charge in [-0.05, 0) is 38.8 Å². The quantitative estimate of drug-likeness (QED) is 0.863. The molecule has 0 aromatic carbocycles. The Kier molecular flexibility index (Phi) is 4.27. The van der Waals surface area contributed by atoms with Gasteiger partial charge in [0.25, 0.3) is 0 Å². The van der Waals surface area contributed by atoms with Crippen molar-refractivity contribution >= 4 is 5.91 Å². The molecule has 2 N–H and O–H groups in total. The summed E-state index contributed by atoms with van der Waals surface area (Å²) in [5.74, 6) is 1.18. The summed E-state index contributed by atoms with van der Waals surface area (Å²) in [6.45, 7) is 4.86. The Morgan fingerprint density at radius 1 is 1.47 bits per heavy atom. The van der Waals surface area contributed by atoms with Gasteiger partial charge in [0, 0.05) is 19.1 Å². The molecule has 5 nitrogen and oxygen atoms in total. The van der Waals surface area contributed by atoms with Gasteiger partial charge in [0.05, 0.1) is 6.54 Å². The van der Waals surface area contributed by atoms with Crippen LogP contribution < -0.4 is 5.32 Å². The van der Waals surface area contributed by atoms with Crippen molar-refractivity contribution in [3.05, 3.63) is 23.7 Å². The second kappa shape index (κ2) is 5.75. The van der Waals surface area contributed by atoms with E-state index >= 15 is 0 Å². The monoisotopic (exact) mass is 267 g/mol. The summed E-state index contributed by atoms with van der Waals surface area (Å²) in [7, 11) is 0. The summed E-state index contributed by atoms with van der Waals surface area (Å²) >= 11 is 0. The lowest BCUT2D eigenvalue weighted by atomic mass is 9.98. The Morgan fingerprint density at radius 2 is 2.16 bits per heavy atom. The molecule has 1 unspecified atom stereocenters. The molecule has 1 aromatic rings. The molecule has 1 atom stereocenters.